The van der Waals surface area contributed by atoms with E-state index in [4.69, 9.17) is 0 Å². The first-order valence-electron chi connectivity index (χ1n) is 10.4. The van der Waals surface area contributed by atoms with Gasteiger partial charge in [-0.3, -0.25) is 4.72 Å². The maximum Gasteiger partial charge on any atom is 0.261 e. The summed E-state index contributed by atoms with van der Waals surface area (Å²) >= 11 is 0. The lowest BCUT2D eigenvalue weighted by Crippen LogP contribution is -2.24. The van der Waals surface area contributed by atoms with Gasteiger partial charge in [-0.1, -0.05) is 42.5 Å². The Bertz CT molecular complexity index is 1300. The third kappa shape index (κ3) is 3.68. The van der Waals surface area contributed by atoms with Gasteiger partial charge in [-0.15, -0.1) is 0 Å². The second-order valence-electron chi connectivity index (χ2n) is 7.92. The minimum absolute atomic E-state index is 0.272. The van der Waals surface area contributed by atoms with Crippen LogP contribution in [0.3, 0.4) is 0 Å². The Morgan fingerprint density at radius 3 is 2.40 bits per heavy atom. The van der Waals surface area contributed by atoms with Gasteiger partial charge in [0.25, 0.3) is 10.0 Å². The number of sulfonamides is 1. The molecule has 1 aliphatic heterocycles. The average Bonchev–Trinajstić information content (AvgIpc) is 3.42. The molecular weight excluding hydrogens is 394 g/mol. The van der Waals surface area contributed by atoms with Crippen molar-refractivity contribution in [2.45, 2.75) is 24.3 Å². The quantitative estimate of drug-likeness (QED) is 0.493. The van der Waals surface area contributed by atoms with Crippen molar-refractivity contribution in [1.82, 2.24) is 9.47 Å². The maximum atomic E-state index is 13.2. The van der Waals surface area contributed by atoms with Crippen LogP contribution < -0.4 is 4.72 Å². The first kappa shape index (κ1) is 19.2. The predicted molar refractivity (Wildman–Crippen MR) is 122 cm³/mol. The van der Waals surface area contributed by atoms with Gasteiger partial charge in [0, 0.05) is 24.7 Å². The standard InChI is InChI=1S/C24H25N3O2S/c28-30(29,22-11-10-19-6-1-2-7-21(19)18-22)25-23-9-5-8-20-12-15-27(24(20)23)17-16-26-13-3-4-14-26/h1-2,5-12,15,18,25H,3-4,13-14,16-17H2. The van der Waals surface area contributed by atoms with Crippen molar-refractivity contribution < 1.29 is 8.42 Å². The summed E-state index contributed by atoms with van der Waals surface area (Å²) in [4.78, 5) is 2.74. The number of likely N-dealkylation sites (tertiary alicyclic amines) is 1. The molecule has 0 aliphatic carbocycles. The smallest absolute Gasteiger partial charge is 0.261 e. The van der Waals surface area contributed by atoms with Crippen LogP contribution in [0.4, 0.5) is 5.69 Å². The summed E-state index contributed by atoms with van der Waals surface area (Å²) in [5, 5.41) is 2.97. The third-order valence-electron chi connectivity index (χ3n) is 5.92. The molecule has 4 aromatic rings. The largest absolute Gasteiger partial charge is 0.344 e. The third-order valence-corrected chi connectivity index (χ3v) is 7.28. The zero-order valence-electron chi connectivity index (χ0n) is 16.8. The van der Waals surface area contributed by atoms with Crippen molar-refractivity contribution in [3.05, 3.63) is 72.9 Å². The molecule has 0 saturated carbocycles. The number of anilines is 1. The zero-order chi connectivity index (χ0) is 20.6. The summed E-state index contributed by atoms with van der Waals surface area (Å²) in [6, 6.07) is 20.8. The molecule has 1 N–H and O–H groups in total. The number of nitrogens with zero attached hydrogens (tertiary/aromatic N) is 2. The molecule has 2 heterocycles. The van der Waals surface area contributed by atoms with Gasteiger partial charge in [-0.05, 0) is 61.0 Å². The maximum absolute atomic E-state index is 13.2. The molecule has 3 aromatic carbocycles. The first-order chi connectivity index (χ1) is 14.6. The minimum Gasteiger partial charge on any atom is -0.344 e. The van der Waals surface area contributed by atoms with E-state index >= 15 is 0 Å². The summed E-state index contributed by atoms with van der Waals surface area (Å²) in [7, 11) is -3.70. The van der Waals surface area contributed by atoms with Crippen molar-refractivity contribution in [3.63, 3.8) is 0 Å². The van der Waals surface area contributed by atoms with E-state index in [0.29, 0.717) is 5.69 Å². The lowest BCUT2D eigenvalue weighted by molar-refractivity contribution is 0.324. The molecule has 30 heavy (non-hydrogen) atoms. The van der Waals surface area contributed by atoms with Crippen LogP contribution in [0.5, 0.6) is 0 Å². The molecule has 154 valence electrons. The van der Waals surface area contributed by atoms with Gasteiger partial charge in [-0.2, -0.15) is 0 Å². The van der Waals surface area contributed by atoms with E-state index in [2.05, 4.69) is 20.4 Å². The van der Waals surface area contributed by atoms with Gasteiger partial charge < -0.3 is 9.47 Å². The molecule has 5 nitrogen and oxygen atoms in total. The molecule has 0 amide bonds. The molecule has 1 aliphatic rings. The van der Waals surface area contributed by atoms with Crippen molar-refractivity contribution in [1.29, 1.82) is 0 Å². The number of nitrogens with one attached hydrogen (secondary N) is 1. The molecule has 1 fully saturated rings. The highest BCUT2D eigenvalue weighted by Gasteiger charge is 2.18. The normalized spacial score (nSPS) is 15.2. The van der Waals surface area contributed by atoms with Crippen LogP contribution in [0.1, 0.15) is 12.8 Å². The van der Waals surface area contributed by atoms with Crippen LogP contribution in [0, 0.1) is 0 Å². The Kier molecular flexibility index (Phi) is 4.97. The summed E-state index contributed by atoms with van der Waals surface area (Å²) in [5.74, 6) is 0. The van der Waals surface area contributed by atoms with Crippen molar-refractivity contribution >= 4 is 37.4 Å². The SMILES string of the molecule is O=S(=O)(Nc1cccc2ccn(CCN3CCCC3)c12)c1ccc2ccccc2c1. The van der Waals surface area contributed by atoms with Crippen LogP contribution in [-0.2, 0) is 16.6 Å². The number of aromatic nitrogens is 1. The first-order valence-corrected chi connectivity index (χ1v) is 11.9. The molecule has 1 aromatic heterocycles. The van der Waals surface area contributed by atoms with Crippen LogP contribution in [0.15, 0.2) is 77.8 Å². The fourth-order valence-corrected chi connectivity index (χ4v) is 5.42. The fourth-order valence-electron chi connectivity index (χ4n) is 4.32. The van der Waals surface area contributed by atoms with E-state index in [1.165, 1.54) is 12.8 Å². The number of para-hydroxylation sites is 1. The van der Waals surface area contributed by atoms with E-state index in [1.54, 1.807) is 12.1 Å². The van der Waals surface area contributed by atoms with Crippen molar-refractivity contribution in [3.8, 4) is 0 Å². The summed E-state index contributed by atoms with van der Waals surface area (Å²) in [5.41, 5.74) is 1.55. The number of hydrogen-bond acceptors (Lipinski definition) is 3. The lowest BCUT2D eigenvalue weighted by atomic mass is 10.1. The van der Waals surface area contributed by atoms with Crippen LogP contribution in [0.25, 0.3) is 21.7 Å². The second kappa shape index (κ2) is 7.78. The number of benzene rings is 3. The Morgan fingerprint density at radius 1 is 0.800 bits per heavy atom. The average molecular weight is 420 g/mol. The van der Waals surface area contributed by atoms with Crippen LogP contribution in [-0.4, -0.2) is 37.5 Å². The molecule has 0 unspecified atom stereocenters. The number of fused-ring (bicyclic) bond motifs is 2. The summed E-state index contributed by atoms with van der Waals surface area (Å²) in [6.45, 7) is 4.13. The van der Waals surface area contributed by atoms with Crippen LogP contribution in [0.2, 0.25) is 0 Å². The van der Waals surface area contributed by atoms with Crippen molar-refractivity contribution in [2.24, 2.45) is 0 Å². The molecular formula is C24H25N3O2S. The van der Waals surface area contributed by atoms with E-state index in [1.807, 2.05) is 54.6 Å². The monoisotopic (exact) mass is 419 g/mol. The van der Waals surface area contributed by atoms with E-state index < -0.39 is 10.0 Å². The van der Waals surface area contributed by atoms with E-state index in [9.17, 15) is 8.42 Å². The van der Waals surface area contributed by atoms with Crippen molar-refractivity contribution in [2.75, 3.05) is 24.4 Å². The van der Waals surface area contributed by atoms with E-state index in [0.717, 1.165) is 47.9 Å². The van der Waals surface area contributed by atoms with Gasteiger partial charge in [0.15, 0.2) is 0 Å². The Labute approximate surface area is 177 Å². The predicted octanol–water partition coefficient (Wildman–Crippen LogP) is 4.69. The topological polar surface area (TPSA) is 54.3 Å². The van der Waals surface area contributed by atoms with Crippen LogP contribution >= 0.6 is 0 Å². The molecule has 1 saturated heterocycles. The molecule has 5 rings (SSSR count). The van der Waals surface area contributed by atoms with E-state index in [-0.39, 0.29) is 4.90 Å². The van der Waals surface area contributed by atoms with Gasteiger partial charge in [0.2, 0.25) is 0 Å². The minimum atomic E-state index is -3.70. The van der Waals surface area contributed by atoms with Gasteiger partial charge >= 0.3 is 0 Å². The molecule has 6 heteroatoms. The van der Waals surface area contributed by atoms with Gasteiger partial charge in [0.1, 0.15) is 0 Å². The highest BCUT2D eigenvalue weighted by molar-refractivity contribution is 7.92. The Hall–Kier alpha value is -2.83. The molecule has 0 atom stereocenters. The highest BCUT2D eigenvalue weighted by atomic mass is 32.2. The fraction of sp³-hybridized carbons (Fsp3) is 0.250. The Balaban J connectivity index is 1.46. The lowest BCUT2D eigenvalue weighted by Gasteiger charge is -2.17. The van der Waals surface area contributed by atoms with Gasteiger partial charge in [-0.25, -0.2) is 8.42 Å². The number of hydrogen-bond donors (Lipinski definition) is 1. The zero-order valence-corrected chi connectivity index (χ0v) is 17.6. The second-order valence-corrected chi connectivity index (χ2v) is 9.60. The Morgan fingerprint density at radius 2 is 1.57 bits per heavy atom. The molecule has 0 spiro atoms. The summed E-state index contributed by atoms with van der Waals surface area (Å²) < 4.78 is 31.3. The van der Waals surface area contributed by atoms with Gasteiger partial charge in [0.05, 0.1) is 16.1 Å². The highest BCUT2D eigenvalue weighted by Crippen LogP contribution is 2.28. The summed E-state index contributed by atoms with van der Waals surface area (Å²) in [6.07, 6.45) is 4.58. The number of rotatable bonds is 6. The molecule has 0 bridgehead atoms. The molecule has 0 radical (unpaired) electrons.